The summed E-state index contributed by atoms with van der Waals surface area (Å²) in [4.78, 5) is 2.30. The van der Waals surface area contributed by atoms with E-state index in [0.717, 1.165) is 63.4 Å². The second-order valence-corrected chi connectivity index (χ2v) is 17.2. The first kappa shape index (κ1) is 59.3. The van der Waals surface area contributed by atoms with Crippen LogP contribution in [0.4, 0.5) is 17.1 Å². The van der Waals surface area contributed by atoms with Crippen LogP contribution in [-0.2, 0) is 0 Å². The van der Waals surface area contributed by atoms with Crippen molar-refractivity contribution in [1.82, 2.24) is 0 Å². The van der Waals surface area contributed by atoms with Gasteiger partial charge in [0.2, 0.25) is 0 Å². The highest BCUT2D eigenvalue weighted by Gasteiger charge is 2.08. The van der Waals surface area contributed by atoms with Gasteiger partial charge < -0.3 is 15.5 Å². The van der Waals surface area contributed by atoms with Crippen LogP contribution in [-0.4, -0.2) is 6.54 Å². The summed E-state index contributed by atoms with van der Waals surface area (Å²) in [6, 6.07) is 48.6. The van der Waals surface area contributed by atoms with Crippen molar-refractivity contribution in [3.8, 4) is 0 Å². The third-order valence-electron chi connectivity index (χ3n) is 11.4. The van der Waals surface area contributed by atoms with Crippen LogP contribution >= 0.6 is 9.24 Å². The lowest BCUT2D eigenvalue weighted by molar-refractivity contribution is 0.973. The fraction of sp³-hybridized carbons (Fsp3) is 0.127. The normalized spacial score (nSPS) is 13.3. The quantitative estimate of drug-likeness (QED) is 0.0405. The van der Waals surface area contributed by atoms with Gasteiger partial charge in [0, 0.05) is 41.7 Å². The predicted octanol–water partition coefficient (Wildman–Crippen LogP) is 20.3. The van der Waals surface area contributed by atoms with Gasteiger partial charge in [0.15, 0.2) is 0 Å². The van der Waals surface area contributed by atoms with E-state index in [9.17, 15) is 0 Å². The number of allylic oxidation sites excluding steroid dienone is 24. The largest absolute Gasteiger partial charge is 0.362 e. The standard InChI is InChI=1S/C69H72N3P.C2H6/c1-6-10-11-12-22-55-72(68-36-20-15-21-37-68)69(56-73)38-23-29-59(30-24-53-71-67-51-49-65(50-52-67)62(28-9-4)45-39-57(5)61-31-16-13-17-32-61)40-41-60-43-47-64(48-44-60)63(46-42-58(26-7-2)27-8-3)33-25-54-70-66-34-18-14-19-35-66;1-2/h6-8,10-27,30-54,56,70-71H,1-2,9,28-29,55,73H2,3-5H3;1-2H3/b11-10-,22-12-,27-8-,38-23-,41-40-,46-42-,53-24+,54-25+,57-39+,58-26+,59-30-,62-45+,63-33+,69-56+;. The highest BCUT2D eigenvalue weighted by molar-refractivity contribution is 7.20. The van der Waals surface area contributed by atoms with Crippen molar-refractivity contribution in [2.24, 2.45) is 0 Å². The molecule has 0 aliphatic heterocycles. The molecule has 0 radical (unpaired) electrons. The molecule has 3 nitrogen and oxygen atoms in total. The highest BCUT2D eigenvalue weighted by Crippen LogP contribution is 2.26. The van der Waals surface area contributed by atoms with Crippen molar-refractivity contribution in [2.75, 3.05) is 22.1 Å². The van der Waals surface area contributed by atoms with Crippen LogP contribution in [0.1, 0.15) is 76.1 Å². The SMILES string of the molecule is C=C/C=C\C=C/CN(C(/C=C\CC(/C=C\c1ccc(C(/C=C\C(\C=C/C)=C\C=C)=C/C=C/Nc2ccccc2)cc1)=C/C=C/Nc1ccc(/C(=C/C=C(\C)c2ccccc2)CCC)cc1)=C/P)c1ccccc1.CC. The maximum absolute atomic E-state index is 3.91. The van der Waals surface area contributed by atoms with Crippen molar-refractivity contribution < 1.29 is 0 Å². The number of hydrogen-bond donors (Lipinski definition) is 2. The number of nitrogens with zero attached hydrogens (tertiary/aromatic N) is 1. The van der Waals surface area contributed by atoms with Gasteiger partial charge in [-0.3, -0.25) is 0 Å². The molecule has 2 N–H and O–H groups in total. The van der Waals surface area contributed by atoms with Gasteiger partial charge in [0.25, 0.3) is 0 Å². The molecule has 1 unspecified atom stereocenters. The second-order valence-electron chi connectivity index (χ2n) is 16.9. The minimum atomic E-state index is 0.710. The van der Waals surface area contributed by atoms with Gasteiger partial charge in [-0.2, -0.15) is 0 Å². The number of para-hydroxylation sites is 2. The van der Waals surface area contributed by atoms with E-state index in [1.165, 1.54) is 22.3 Å². The minimum absolute atomic E-state index is 0.710. The Labute approximate surface area is 454 Å². The number of nitrogens with one attached hydrogen (secondary N) is 2. The van der Waals surface area contributed by atoms with Gasteiger partial charge in [-0.1, -0.05) is 253 Å². The summed E-state index contributed by atoms with van der Waals surface area (Å²) in [6.45, 7) is 18.8. The first-order valence-corrected chi connectivity index (χ1v) is 26.7. The van der Waals surface area contributed by atoms with Crippen LogP contribution in [0.15, 0.2) is 309 Å². The molecule has 0 amide bonds. The average Bonchev–Trinajstić information content (AvgIpc) is 3.46. The number of rotatable bonds is 27. The third-order valence-corrected chi connectivity index (χ3v) is 11.8. The first-order valence-electron chi connectivity index (χ1n) is 26.1. The molecule has 382 valence electrons. The maximum atomic E-state index is 3.91. The lowest BCUT2D eigenvalue weighted by Crippen LogP contribution is -2.21. The van der Waals surface area contributed by atoms with Crippen LogP contribution in [0.25, 0.3) is 22.8 Å². The Bertz CT molecular complexity index is 2910. The lowest BCUT2D eigenvalue weighted by atomic mass is 9.99. The zero-order valence-corrected chi connectivity index (χ0v) is 46.1. The molecule has 0 heterocycles. The molecule has 0 bridgehead atoms. The fourth-order valence-corrected chi connectivity index (χ4v) is 7.85. The van der Waals surface area contributed by atoms with E-state index in [2.05, 4.69) is 246 Å². The van der Waals surface area contributed by atoms with Crippen LogP contribution in [0.2, 0.25) is 0 Å². The summed E-state index contributed by atoms with van der Waals surface area (Å²) >= 11 is 0. The summed E-state index contributed by atoms with van der Waals surface area (Å²) in [5.41, 5.74) is 14.8. The van der Waals surface area contributed by atoms with E-state index >= 15 is 0 Å². The molecule has 0 spiro atoms. The van der Waals surface area contributed by atoms with Crippen LogP contribution < -0.4 is 15.5 Å². The van der Waals surface area contributed by atoms with E-state index < -0.39 is 0 Å². The zero-order chi connectivity index (χ0) is 53.6. The molecule has 0 saturated carbocycles. The van der Waals surface area contributed by atoms with E-state index in [1.807, 2.05) is 106 Å². The van der Waals surface area contributed by atoms with Crippen molar-refractivity contribution in [3.05, 3.63) is 332 Å². The molecule has 0 aromatic heterocycles. The van der Waals surface area contributed by atoms with Crippen molar-refractivity contribution in [1.29, 1.82) is 0 Å². The van der Waals surface area contributed by atoms with E-state index in [4.69, 9.17) is 0 Å². The molecule has 4 heteroatoms. The van der Waals surface area contributed by atoms with Crippen LogP contribution in [0.3, 0.4) is 0 Å². The summed E-state index contributed by atoms with van der Waals surface area (Å²) in [5.74, 6) is 2.08. The van der Waals surface area contributed by atoms with Gasteiger partial charge in [0.05, 0.1) is 0 Å². The molecule has 0 fully saturated rings. The Balaban J connectivity index is 0.00000601. The molecule has 0 saturated heterocycles. The molecule has 5 rings (SSSR count). The molecular formula is C71H78N3P. The zero-order valence-electron chi connectivity index (χ0n) is 44.9. The summed E-state index contributed by atoms with van der Waals surface area (Å²) in [5, 5.41) is 6.86. The van der Waals surface area contributed by atoms with Crippen molar-refractivity contribution in [2.45, 2.75) is 53.9 Å². The minimum Gasteiger partial charge on any atom is -0.362 e. The fourth-order valence-electron chi connectivity index (χ4n) is 7.56. The molecule has 0 aliphatic carbocycles. The van der Waals surface area contributed by atoms with Gasteiger partial charge >= 0.3 is 0 Å². The Morgan fingerprint density at radius 1 is 0.573 bits per heavy atom. The molecule has 1 atom stereocenters. The monoisotopic (exact) mass is 1000 g/mol. The van der Waals surface area contributed by atoms with Crippen molar-refractivity contribution in [3.63, 3.8) is 0 Å². The first-order chi connectivity index (χ1) is 36.9. The summed E-state index contributed by atoms with van der Waals surface area (Å²) in [6.07, 6.45) is 50.7. The topological polar surface area (TPSA) is 27.3 Å². The molecule has 5 aromatic rings. The molecule has 5 aromatic carbocycles. The number of anilines is 3. The average molecular weight is 1000 g/mol. The number of benzene rings is 5. The Hall–Kier alpha value is -8.23. The smallest absolute Gasteiger partial charge is 0.0415 e. The van der Waals surface area contributed by atoms with E-state index in [-0.39, 0.29) is 0 Å². The van der Waals surface area contributed by atoms with Gasteiger partial charge in [-0.25, -0.2) is 0 Å². The molecule has 75 heavy (non-hydrogen) atoms. The second kappa shape index (κ2) is 36.6. The highest BCUT2D eigenvalue weighted by atomic mass is 31.0. The van der Waals surface area contributed by atoms with Crippen molar-refractivity contribution >= 4 is 49.1 Å². The Morgan fingerprint density at radius 3 is 1.85 bits per heavy atom. The van der Waals surface area contributed by atoms with Gasteiger partial charge in [-0.05, 0) is 137 Å². The van der Waals surface area contributed by atoms with Gasteiger partial charge in [0.1, 0.15) is 0 Å². The van der Waals surface area contributed by atoms with Gasteiger partial charge in [-0.15, -0.1) is 9.24 Å². The summed E-state index contributed by atoms with van der Waals surface area (Å²) in [7, 11) is 2.80. The Morgan fingerprint density at radius 2 is 1.21 bits per heavy atom. The van der Waals surface area contributed by atoms with Crippen LogP contribution in [0, 0.1) is 0 Å². The van der Waals surface area contributed by atoms with Crippen LogP contribution in [0.5, 0.6) is 0 Å². The lowest BCUT2D eigenvalue weighted by Gasteiger charge is -2.24. The molecular weight excluding hydrogens is 926 g/mol. The summed E-state index contributed by atoms with van der Waals surface area (Å²) < 4.78 is 0. The Kier molecular flexibility index (Phi) is 29.0. The predicted molar refractivity (Wildman–Crippen MR) is 340 cm³/mol. The molecule has 0 aliphatic rings. The van der Waals surface area contributed by atoms with E-state index in [1.54, 1.807) is 6.08 Å². The number of hydrogen-bond acceptors (Lipinski definition) is 3. The van der Waals surface area contributed by atoms with E-state index in [0.29, 0.717) is 13.0 Å². The third kappa shape index (κ3) is 22.6. The maximum Gasteiger partial charge on any atom is 0.0415 e.